The summed E-state index contributed by atoms with van der Waals surface area (Å²) in [6.45, 7) is 6.25. The maximum Gasteiger partial charge on any atom is 0.340 e. The molecule has 3 aromatic rings. The summed E-state index contributed by atoms with van der Waals surface area (Å²) in [7, 11) is 0. The third-order valence-corrected chi connectivity index (χ3v) is 5.56. The number of esters is 1. The van der Waals surface area contributed by atoms with Crippen LogP contribution in [-0.2, 0) is 4.74 Å². The highest BCUT2D eigenvalue weighted by Crippen LogP contribution is 2.38. The molecule has 0 aliphatic carbocycles. The number of pyridine rings is 1. The summed E-state index contributed by atoms with van der Waals surface area (Å²) in [5.41, 5.74) is 2.06. The topological polar surface area (TPSA) is 39.2 Å². The minimum absolute atomic E-state index is 0.00359. The van der Waals surface area contributed by atoms with Crippen molar-refractivity contribution in [3.63, 3.8) is 0 Å². The van der Waals surface area contributed by atoms with Gasteiger partial charge in [-0.25, -0.2) is 9.18 Å². The van der Waals surface area contributed by atoms with Crippen LogP contribution in [0.5, 0.6) is 0 Å². The average Bonchev–Trinajstić information content (AvgIpc) is 2.64. The van der Waals surface area contributed by atoms with Crippen LogP contribution in [0.3, 0.4) is 0 Å². The lowest BCUT2D eigenvalue weighted by Crippen LogP contribution is -2.07. The zero-order valence-corrected chi connectivity index (χ0v) is 16.8. The second-order valence-electron chi connectivity index (χ2n) is 6.33. The molecule has 3 nitrogen and oxygen atoms in total. The molecule has 0 N–H and O–H groups in total. The van der Waals surface area contributed by atoms with E-state index in [-0.39, 0.29) is 11.6 Å². The number of benzene rings is 2. The number of hydrogen-bond acceptors (Lipinski definition) is 4. The Kier molecular flexibility index (Phi) is 6.02. The van der Waals surface area contributed by atoms with Crippen LogP contribution in [0.4, 0.5) is 4.39 Å². The number of ether oxygens (including phenoxy) is 1. The average molecular weight is 404 g/mol. The number of rotatable bonds is 5. The molecule has 0 fully saturated rings. The third-order valence-electron chi connectivity index (χ3n) is 4.12. The Hall–Kier alpha value is -2.11. The highest BCUT2D eigenvalue weighted by molar-refractivity contribution is 7.99. The fourth-order valence-corrected chi connectivity index (χ4v) is 3.85. The summed E-state index contributed by atoms with van der Waals surface area (Å²) < 4.78 is 19.3. The van der Waals surface area contributed by atoms with E-state index < -0.39 is 11.8 Å². The van der Waals surface area contributed by atoms with Crippen LogP contribution in [-0.4, -0.2) is 17.6 Å². The van der Waals surface area contributed by atoms with Gasteiger partial charge in [-0.1, -0.05) is 49.3 Å². The Morgan fingerprint density at radius 3 is 2.59 bits per heavy atom. The zero-order valence-electron chi connectivity index (χ0n) is 15.3. The Labute approximate surface area is 166 Å². The minimum Gasteiger partial charge on any atom is -0.462 e. The number of carbonyl (C=O) groups excluding carboxylic acids is 1. The second kappa shape index (κ2) is 8.28. The van der Waals surface area contributed by atoms with Gasteiger partial charge in [0.1, 0.15) is 5.82 Å². The van der Waals surface area contributed by atoms with Crippen molar-refractivity contribution in [2.24, 2.45) is 0 Å². The van der Waals surface area contributed by atoms with E-state index >= 15 is 0 Å². The molecule has 0 saturated heterocycles. The highest BCUT2D eigenvalue weighted by atomic mass is 35.5. The summed E-state index contributed by atoms with van der Waals surface area (Å²) in [6.07, 6.45) is 1.46. The maximum absolute atomic E-state index is 14.1. The van der Waals surface area contributed by atoms with Crippen LogP contribution >= 0.6 is 23.4 Å². The predicted octanol–water partition coefficient (Wildman–Crippen LogP) is 6.48. The first kappa shape index (κ1) is 19.6. The predicted molar refractivity (Wildman–Crippen MR) is 107 cm³/mol. The van der Waals surface area contributed by atoms with Gasteiger partial charge in [-0.05, 0) is 42.7 Å². The van der Waals surface area contributed by atoms with Crippen molar-refractivity contribution in [2.45, 2.75) is 36.5 Å². The molecule has 0 aliphatic heterocycles. The van der Waals surface area contributed by atoms with Gasteiger partial charge in [0, 0.05) is 21.4 Å². The van der Waals surface area contributed by atoms with Crippen LogP contribution in [0, 0.1) is 5.82 Å². The van der Waals surface area contributed by atoms with Crippen molar-refractivity contribution in [3.8, 4) is 0 Å². The molecule has 6 heteroatoms. The number of halogens is 2. The van der Waals surface area contributed by atoms with Crippen molar-refractivity contribution in [2.75, 3.05) is 6.61 Å². The second-order valence-corrected chi connectivity index (χ2v) is 7.82. The van der Waals surface area contributed by atoms with E-state index in [4.69, 9.17) is 16.3 Å². The first-order valence-corrected chi connectivity index (χ1v) is 9.82. The van der Waals surface area contributed by atoms with Gasteiger partial charge in [-0.3, -0.25) is 4.98 Å². The molecule has 3 rings (SSSR count). The molecule has 140 valence electrons. The first-order valence-electron chi connectivity index (χ1n) is 8.63. The van der Waals surface area contributed by atoms with E-state index in [0.29, 0.717) is 27.3 Å². The molecule has 27 heavy (non-hydrogen) atoms. The van der Waals surface area contributed by atoms with Gasteiger partial charge in [0.05, 0.1) is 22.7 Å². The number of fused-ring (bicyclic) bond motifs is 1. The minimum atomic E-state index is -0.552. The van der Waals surface area contributed by atoms with Crippen molar-refractivity contribution < 1.29 is 13.9 Å². The summed E-state index contributed by atoms with van der Waals surface area (Å²) >= 11 is 7.27. The van der Waals surface area contributed by atoms with Gasteiger partial charge in [0.15, 0.2) is 0 Å². The number of nitrogens with zero attached hydrogens (tertiary/aromatic N) is 1. The molecule has 2 aromatic carbocycles. The van der Waals surface area contributed by atoms with E-state index in [1.807, 2.05) is 12.1 Å². The Bertz CT molecular complexity index is 990. The number of carbonyl (C=O) groups is 1. The summed E-state index contributed by atoms with van der Waals surface area (Å²) in [4.78, 5) is 18.2. The lowest BCUT2D eigenvalue weighted by Gasteiger charge is -2.13. The fraction of sp³-hybridized carbons (Fsp3) is 0.238. The van der Waals surface area contributed by atoms with Crippen LogP contribution in [0.15, 0.2) is 52.4 Å². The third kappa shape index (κ3) is 4.25. The monoisotopic (exact) mass is 403 g/mol. The van der Waals surface area contributed by atoms with Crippen molar-refractivity contribution in [1.29, 1.82) is 0 Å². The van der Waals surface area contributed by atoms with Gasteiger partial charge < -0.3 is 4.74 Å². The van der Waals surface area contributed by atoms with E-state index in [2.05, 4.69) is 31.0 Å². The lowest BCUT2D eigenvalue weighted by atomic mass is 10.0. The van der Waals surface area contributed by atoms with Gasteiger partial charge in [-0.2, -0.15) is 0 Å². The Balaban J connectivity index is 2.12. The molecular formula is C21H19ClFNO2S. The van der Waals surface area contributed by atoms with Gasteiger partial charge in [0.25, 0.3) is 0 Å². The van der Waals surface area contributed by atoms with Gasteiger partial charge in [-0.15, -0.1) is 0 Å². The quantitative estimate of drug-likeness (QED) is 0.457. The summed E-state index contributed by atoms with van der Waals surface area (Å²) in [5, 5.41) is 0.525. The number of hydrogen-bond donors (Lipinski definition) is 0. The molecule has 0 saturated carbocycles. The first-order chi connectivity index (χ1) is 12.9. The van der Waals surface area contributed by atoms with Gasteiger partial charge in [0.2, 0.25) is 0 Å². The Morgan fingerprint density at radius 1 is 1.26 bits per heavy atom. The van der Waals surface area contributed by atoms with Crippen LogP contribution in [0.2, 0.25) is 5.02 Å². The van der Waals surface area contributed by atoms with Crippen molar-refractivity contribution in [1.82, 2.24) is 4.98 Å². The lowest BCUT2D eigenvalue weighted by molar-refractivity contribution is 0.0522. The molecule has 0 unspecified atom stereocenters. The van der Waals surface area contributed by atoms with E-state index in [0.717, 1.165) is 4.90 Å². The standard InChI is InChI=1S/C21H19ClFNO2S/c1-4-26-21(25)16-11-24-19-10-17(22)18(23)9-15(19)20(16)27-14-7-5-13(6-8-14)12(2)3/h5-12H,4H2,1-3H3. The molecule has 1 heterocycles. The number of aromatic nitrogens is 1. The molecule has 0 bridgehead atoms. The van der Waals surface area contributed by atoms with E-state index in [1.54, 1.807) is 6.92 Å². The molecule has 0 atom stereocenters. The van der Waals surface area contributed by atoms with Crippen molar-refractivity contribution >= 4 is 40.2 Å². The zero-order chi connectivity index (χ0) is 19.6. The summed E-state index contributed by atoms with van der Waals surface area (Å²) in [6, 6.07) is 10.9. The largest absolute Gasteiger partial charge is 0.462 e. The summed E-state index contributed by atoms with van der Waals surface area (Å²) in [5.74, 6) is -0.607. The molecule has 0 amide bonds. The van der Waals surface area contributed by atoms with Crippen LogP contribution < -0.4 is 0 Å². The van der Waals surface area contributed by atoms with Gasteiger partial charge >= 0.3 is 5.97 Å². The highest BCUT2D eigenvalue weighted by Gasteiger charge is 2.19. The Morgan fingerprint density at radius 2 is 1.96 bits per heavy atom. The van der Waals surface area contributed by atoms with Crippen molar-refractivity contribution in [3.05, 3.63) is 64.6 Å². The molecule has 1 aromatic heterocycles. The molecular weight excluding hydrogens is 385 g/mol. The smallest absolute Gasteiger partial charge is 0.340 e. The van der Waals surface area contributed by atoms with Crippen LogP contribution in [0.1, 0.15) is 42.6 Å². The van der Waals surface area contributed by atoms with E-state index in [1.165, 1.54) is 35.7 Å². The SMILES string of the molecule is CCOC(=O)c1cnc2cc(Cl)c(F)cc2c1Sc1ccc(C(C)C)cc1. The normalized spacial score (nSPS) is 11.2. The molecule has 0 radical (unpaired) electrons. The fourth-order valence-electron chi connectivity index (χ4n) is 2.67. The molecule has 0 aliphatic rings. The molecule has 0 spiro atoms. The van der Waals surface area contributed by atoms with Crippen LogP contribution in [0.25, 0.3) is 10.9 Å². The van der Waals surface area contributed by atoms with E-state index in [9.17, 15) is 9.18 Å². The maximum atomic E-state index is 14.1.